The van der Waals surface area contributed by atoms with Crippen molar-refractivity contribution in [2.24, 2.45) is 0 Å². The van der Waals surface area contributed by atoms with E-state index in [0.29, 0.717) is 28.2 Å². The zero-order chi connectivity index (χ0) is 15.0. The zero-order valence-electron chi connectivity index (χ0n) is 10.7. The summed E-state index contributed by atoms with van der Waals surface area (Å²) in [5.41, 5.74) is 10.8. The molecule has 1 aliphatic carbocycles. The summed E-state index contributed by atoms with van der Waals surface area (Å²) < 4.78 is 37.9. The third-order valence-corrected chi connectivity index (χ3v) is 4.15. The van der Waals surface area contributed by atoms with Crippen LogP contribution in [0, 0.1) is 0 Å². The lowest BCUT2D eigenvalue weighted by Gasteiger charge is -2.13. The minimum absolute atomic E-state index is 0.195. The number of rotatable bonds is 2. The molecular weight excluding hydrogens is 292 g/mol. The maximum Gasteiger partial charge on any atom is 0.296 e. The molecule has 0 fully saturated rings. The Balaban J connectivity index is 2.30. The van der Waals surface area contributed by atoms with Crippen LogP contribution in [0.3, 0.4) is 0 Å². The van der Waals surface area contributed by atoms with E-state index in [-0.39, 0.29) is 11.3 Å². The lowest BCUT2D eigenvalue weighted by atomic mass is 9.93. The number of hydrogen-bond donors (Lipinski definition) is 1. The van der Waals surface area contributed by atoms with Crippen molar-refractivity contribution in [1.29, 1.82) is 0 Å². The third-order valence-electron chi connectivity index (χ3n) is 3.25. The minimum Gasteiger partial charge on any atom is -0.464 e. The standard InChI is InChI=1S/C14H10N2O4S/c15-16-11-3-4-12-9(7-11)6-10(13-2-1-5-20-13)8-14(12)21(17,18)19/h1-6,8H,7H2,(H,17,18,19). The maximum atomic E-state index is 11.6. The molecule has 0 bridgehead atoms. The predicted octanol–water partition coefficient (Wildman–Crippen LogP) is 2.43. The van der Waals surface area contributed by atoms with E-state index in [1.165, 1.54) is 24.5 Å². The summed E-state index contributed by atoms with van der Waals surface area (Å²) in [5.74, 6) is 0.486. The van der Waals surface area contributed by atoms with E-state index in [1.54, 1.807) is 18.2 Å². The minimum atomic E-state index is -4.38. The summed E-state index contributed by atoms with van der Waals surface area (Å²) in [6, 6.07) is 6.48. The topological polar surface area (TPSA) is 104 Å². The van der Waals surface area contributed by atoms with Crippen LogP contribution in [0.4, 0.5) is 0 Å². The molecule has 106 valence electrons. The Kier molecular flexibility index (Phi) is 3.10. The molecule has 0 saturated heterocycles. The van der Waals surface area contributed by atoms with E-state index in [2.05, 4.69) is 4.79 Å². The van der Waals surface area contributed by atoms with Gasteiger partial charge in [-0.05, 0) is 41.5 Å². The highest BCUT2D eigenvalue weighted by atomic mass is 32.2. The summed E-state index contributed by atoms with van der Waals surface area (Å²) in [6.07, 6.45) is 4.74. The lowest BCUT2D eigenvalue weighted by molar-refractivity contribution is -0.00554. The quantitative estimate of drug-likeness (QED) is 0.522. The molecule has 0 unspecified atom stereocenters. The summed E-state index contributed by atoms with van der Waals surface area (Å²) in [4.78, 5) is 2.93. The van der Waals surface area contributed by atoms with Crippen molar-refractivity contribution in [2.75, 3.05) is 0 Å². The molecule has 7 heteroatoms. The van der Waals surface area contributed by atoms with Crippen molar-refractivity contribution in [1.82, 2.24) is 0 Å². The Labute approximate surface area is 120 Å². The summed E-state index contributed by atoms with van der Waals surface area (Å²) in [7, 11) is -4.38. The van der Waals surface area contributed by atoms with Crippen molar-refractivity contribution in [3.05, 3.63) is 53.3 Å². The fraction of sp³-hybridized carbons (Fsp3) is 0.0714. The molecule has 1 aromatic carbocycles. The van der Waals surface area contributed by atoms with Gasteiger partial charge in [-0.1, -0.05) is 0 Å². The molecule has 21 heavy (non-hydrogen) atoms. The van der Waals surface area contributed by atoms with Gasteiger partial charge in [-0.15, -0.1) is 0 Å². The van der Waals surface area contributed by atoms with Gasteiger partial charge < -0.3 is 9.95 Å². The molecular formula is C14H10N2O4S. The van der Waals surface area contributed by atoms with Gasteiger partial charge in [0.25, 0.3) is 15.8 Å². The Bertz CT molecular complexity index is 889. The van der Waals surface area contributed by atoms with E-state index in [0.717, 1.165) is 0 Å². The second-order valence-electron chi connectivity index (χ2n) is 4.60. The smallest absolute Gasteiger partial charge is 0.296 e. The van der Waals surface area contributed by atoms with Gasteiger partial charge in [-0.3, -0.25) is 4.55 Å². The molecule has 0 radical (unpaired) electrons. The zero-order valence-corrected chi connectivity index (χ0v) is 11.5. The number of allylic oxidation sites excluding steroid dienone is 1. The van der Waals surface area contributed by atoms with Gasteiger partial charge in [0.05, 0.1) is 12.7 Å². The summed E-state index contributed by atoms with van der Waals surface area (Å²) in [6.45, 7) is 0. The van der Waals surface area contributed by atoms with Crippen molar-refractivity contribution in [3.63, 3.8) is 0 Å². The Hall–Kier alpha value is -2.47. The van der Waals surface area contributed by atoms with Gasteiger partial charge in [0, 0.05) is 11.6 Å². The van der Waals surface area contributed by atoms with Crippen LogP contribution in [0.25, 0.3) is 22.9 Å². The average molecular weight is 302 g/mol. The Morgan fingerprint density at radius 2 is 2.10 bits per heavy atom. The number of furan rings is 1. The maximum absolute atomic E-state index is 11.6. The second-order valence-corrected chi connectivity index (χ2v) is 5.99. The van der Waals surface area contributed by atoms with Gasteiger partial charge in [0.1, 0.15) is 10.7 Å². The van der Waals surface area contributed by atoms with Gasteiger partial charge >= 0.3 is 0 Å². The Morgan fingerprint density at radius 1 is 1.29 bits per heavy atom. The van der Waals surface area contributed by atoms with E-state index in [1.807, 2.05) is 0 Å². The molecule has 0 amide bonds. The van der Waals surface area contributed by atoms with Crippen LogP contribution in [0.5, 0.6) is 0 Å². The monoisotopic (exact) mass is 302 g/mol. The number of fused-ring (bicyclic) bond motifs is 1. The van der Waals surface area contributed by atoms with E-state index >= 15 is 0 Å². The van der Waals surface area contributed by atoms with Crippen LogP contribution >= 0.6 is 0 Å². The van der Waals surface area contributed by atoms with E-state index in [4.69, 9.17) is 9.95 Å². The molecule has 6 nitrogen and oxygen atoms in total. The van der Waals surface area contributed by atoms with Crippen LogP contribution in [-0.2, 0) is 16.5 Å². The molecule has 0 atom stereocenters. The van der Waals surface area contributed by atoms with Crippen LogP contribution in [0.2, 0.25) is 0 Å². The fourth-order valence-electron chi connectivity index (χ4n) is 2.32. The first-order valence-electron chi connectivity index (χ1n) is 6.06. The van der Waals surface area contributed by atoms with Crippen molar-refractivity contribution in [2.45, 2.75) is 11.3 Å². The molecule has 1 N–H and O–H groups in total. The third kappa shape index (κ3) is 2.45. The van der Waals surface area contributed by atoms with Crippen LogP contribution in [0.15, 0.2) is 45.9 Å². The van der Waals surface area contributed by atoms with E-state index in [9.17, 15) is 13.0 Å². The largest absolute Gasteiger partial charge is 0.464 e. The highest BCUT2D eigenvalue weighted by molar-refractivity contribution is 7.86. The highest BCUT2D eigenvalue weighted by Gasteiger charge is 2.24. The van der Waals surface area contributed by atoms with Gasteiger partial charge in [-0.2, -0.15) is 13.2 Å². The molecule has 1 aliphatic rings. The van der Waals surface area contributed by atoms with Gasteiger partial charge in [0.15, 0.2) is 0 Å². The van der Waals surface area contributed by atoms with Crippen LogP contribution in [-0.4, -0.2) is 23.5 Å². The predicted molar refractivity (Wildman–Crippen MR) is 75.3 cm³/mol. The van der Waals surface area contributed by atoms with Crippen molar-refractivity contribution in [3.8, 4) is 11.3 Å². The number of nitrogens with zero attached hydrogens (tertiary/aromatic N) is 2. The molecule has 2 aromatic rings. The molecule has 0 saturated carbocycles. The highest BCUT2D eigenvalue weighted by Crippen LogP contribution is 2.31. The average Bonchev–Trinajstić information content (AvgIpc) is 2.98. The lowest BCUT2D eigenvalue weighted by Crippen LogP contribution is -2.11. The van der Waals surface area contributed by atoms with Crippen molar-refractivity contribution >= 4 is 21.9 Å². The van der Waals surface area contributed by atoms with Crippen molar-refractivity contribution < 1.29 is 22.2 Å². The molecule has 1 aromatic heterocycles. The first-order chi connectivity index (χ1) is 9.99. The fourth-order valence-corrected chi connectivity index (χ4v) is 3.07. The molecule has 1 heterocycles. The Morgan fingerprint density at radius 3 is 2.71 bits per heavy atom. The summed E-state index contributed by atoms with van der Waals surface area (Å²) >= 11 is 0. The molecule has 0 spiro atoms. The normalized spacial score (nSPS) is 13.9. The number of benzene rings is 1. The summed E-state index contributed by atoms with van der Waals surface area (Å²) in [5, 5.41) is 0. The second kappa shape index (κ2) is 4.82. The SMILES string of the molecule is [N-]=[N+]=C1C=Cc2c(cc(-c3ccco3)cc2S(=O)(=O)O)C1. The molecule has 0 aliphatic heterocycles. The van der Waals surface area contributed by atoms with Crippen LogP contribution < -0.4 is 0 Å². The first-order valence-corrected chi connectivity index (χ1v) is 7.50. The molecule has 3 rings (SSSR count). The first kappa shape index (κ1) is 13.5. The van der Waals surface area contributed by atoms with Crippen LogP contribution in [0.1, 0.15) is 11.1 Å². The van der Waals surface area contributed by atoms with Gasteiger partial charge in [-0.25, -0.2) is 0 Å². The van der Waals surface area contributed by atoms with E-state index < -0.39 is 10.1 Å². The van der Waals surface area contributed by atoms with Gasteiger partial charge in [0.2, 0.25) is 0 Å². The number of hydrogen-bond acceptors (Lipinski definition) is 3.